The molecule has 0 radical (unpaired) electrons. The highest BCUT2D eigenvalue weighted by Gasteiger charge is 2.15. The zero-order valence-corrected chi connectivity index (χ0v) is 14.3. The first-order chi connectivity index (χ1) is 9.11. The minimum absolute atomic E-state index is 0.150. The maximum atomic E-state index is 6.12. The quantitative estimate of drug-likeness (QED) is 0.682. The zero-order chi connectivity index (χ0) is 13.8. The largest absolute Gasteiger partial charge is 0.306 e. The van der Waals surface area contributed by atoms with Crippen molar-refractivity contribution in [3.63, 3.8) is 0 Å². The van der Waals surface area contributed by atoms with Crippen molar-refractivity contribution in [2.24, 2.45) is 0 Å². The molecule has 0 aliphatic heterocycles. The van der Waals surface area contributed by atoms with Gasteiger partial charge in [0.1, 0.15) is 0 Å². The molecular weight excluding hydrogens is 365 g/mol. The summed E-state index contributed by atoms with van der Waals surface area (Å²) in [6.45, 7) is 3.11. The first-order valence-corrected chi connectivity index (χ1v) is 8.47. The third-order valence-electron chi connectivity index (χ3n) is 2.80. The fraction of sp³-hybridized carbons (Fsp3) is 0.286. The molecular formula is C14H14BrCl2NS. The van der Waals surface area contributed by atoms with E-state index in [-0.39, 0.29) is 6.04 Å². The van der Waals surface area contributed by atoms with E-state index in [4.69, 9.17) is 23.2 Å². The van der Waals surface area contributed by atoms with Gasteiger partial charge in [-0.1, -0.05) is 36.2 Å². The van der Waals surface area contributed by atoms with Crippen LogP contribution in [0.3, 0.4) is 0 Å². The van der Waals surface area contributed by atoms with Crippen LogP contribution in [0.15, 0.2) is 33.4 Å². The van der Waals surface area contributed by atoms with Crippen LogP contribution in [0.5, 0.6) is 0 Å². The summed E-state index contributed by atoms with van der Waals surface area (Å²) in [6, 6.07) is 8.09. The monoisotopic (exact) mass is 377 g/mol. The van der Waals surface area contributed by atoms with E-state index in [9.17, 15) is 0 Å². The zero-order valence-electron chi connectivity index (χ0n) is 10.4. The average molecular weight is 379 g/mol. The molecule has 1 aromatic carbocycles. The smallest absolute Gasteiger partial charge is 0.0701 e. The lowest BCUT2D eigenvalue weighted by Gasteiger charge is -2.18. The molecule has 1 aromatic heterocycles. The molecule has 0 aliphatic carbocycles. The van der Waals surface area contributed by atoms with Gasteiger partial charge in [-0.15, -0.1) is 11.3 Å². The summed E-state index contributed by atoms with van der Waals surface area (Å²) in [5.41, 5.74) is 2.37. The van der Waals surface area contributed by atoms with E-state index in [1.165, 1.54) is 5.56 Å². The number of benzene rings is 1. The second-order valence-electron chi connectivity index (χ2n) is 4.24. The molecule has 19 heavy (non-hydrogen) atoms. The number of hydrogen-bond acceptors (Lipinski definition) is 2. The Labute approximate surface area is 136 Å². The lowest BCUT2D eigenvalue weighted by atomic mass is 10.0. The predicted octanol–water partition coefficient (Wildman–Crippen LogP) is 5.91. The molecule has 0 spiro atoms. The summed E-state index contributed by atoms with van der Waals surface area (Å²) in [5.74, 6) is 0. The highest BCUT2D eigenvalue weighted by molar-refractivity contribution is 9.11. The molecule has 1 nitrogen and oxygen atoms in total. The second kappa shape index (κ2) is 7.09. The van der Waals surface area contributed by atoms with E-state index in [0.29, 0.717) is 10.0 Å². The van der Waals surface area contributed by atoms with Crippen LogP contribution in [-0.2, 0) is 0 Å². The minimum atomic E-state index is 0.150. The van der Waals surface area contributed by atoms with Crippen LogP contribution in [0.1, 0.15) is 30.5 Å². The van der Waals surface area contributed by atoms with Gasteiger partial charge in [-0.05, 0) is 63.6 Å². The van der Waals surface area contributed by atoms with Crippen molar-refractivity contribution in [3.8, 4) is 0 Å². The molecule has 1 N–H and O–H groups in total. The van der Waals surface area contributed by atoms with E-state index >= 15 is 0 Å². The van der Waals surface area contributed by atoms with E-state index < -0.39 is 0 Å². The van der Waals surface area contributed by atoms with Crippen LogP contribution in [0.2, 0.25) is 10.0 Å². The Bertz CT molecular complexity index is 556. The predicted molar refractivity (Wildman–Crippen MR) is 88.6 cm³/mol. The normalized spacial score (nSPS) is 12.6. The number of halogens is 3. The molecule has 0 saturated heterocycles. The van der Waals surface area contributed by atoms with Gasteiger partial charge >= 0.3 is 0 Å². The van der Waals surface area contributed by atoms with Crippen molar-refractivity contribution in [1.29, 1.82) is 0 Å². The van der Waals surface area contributed by atoms with E-state index in [1.807, 2.05) is 18.2 Å². The summed E-state index contributed by atoms with van der Waals surface area (Å²) in [5, 5.41) is 6.88. The summed E-state index contributed by atoms with van der Waals surface area (Å²) in [6.07, 6.45) is 1.09. The molecule has 2 aromatic rings. The van der Waals surface area contributed by atoms with E-state index in [2.05, 4.69) is 39.6 Å². The maximum absolute atomic E-state index is 6.12. The Balaban J connectivity index is 2.33. The summed E-state index contributed by atoms with van der Waals surface area (Å²) >= 11 is 17.3. The molecule has 1 unspecified atom stereocenters. The number of rotatable bonds is 5. The Hall–Kier alpha value is -0.0600. The van der Waals surface area contributed by atoms with Crippen molar-refractivity contribution < 1.29 is 0 Å². The van der Waals surface area contributed by atoms with Gasteiger partial charge in [-0.2, -0.15) is 0 Å². The van der Waals surface area contributed by atoms with Gasteiger partial charge in [0.15, 0.2) is 0 Å². The molecule has 0 saturated carbocycles. The SMILES string of the molecule is CCCNC(c1csc(Br)c1)c1ccc(Cl)c(Cl)c1. The van der Waals surface area contributed by atoms with Crippen LogP contribution in [0.4, 0.5) is 0 Å². The first-order valence-electron chi connectivity index (χ1n) is 6.04. The van der Waals surface area contributed by atoms with Gasteiger partial charge in [-0.3, -0.25) is 0 Å². The van der Waals surface area contributed by atoms with Gasteiger partial charge in [0, 0.05) is 0 Å². The molecule has 0 aliphatic rings. The van der Waals surface area contributed by atoms with Gasteiger partial charge in [0.2, 0.25) is 0 Å². The Kier molecular flexibility index (Phi) is 5.72. The standard InChI is InChI=1S/C14H14BrCl2NS/c1-2-5-18-14(10-7-13(15)19-8-10)9-3-4-11(16)12(17)6-9/h3-4,6-8,14,18H,2,5H2,1H3. The Morgan fingerprint density at radius 1 is 1.21 bits per heavy atom. The first kappa shape index (κ1) is 15.3. The number of thiophene rings is 1. The highest BCUT2D eigenvalue weighted by atomic mass is 79.9. The number of hydrogen-bond donors (Lipinski definition) is 1. The molecule has 1 atom stereocenters. The van der Waals surface area contributed by atoms with Crippen molar-refractivity contribution in [1.82, 2.24) is 5.32 Å². The third kappa shape index (κ3) is 3.96. The molecule has 0 amide bonds. The van der Waals surface area contributed by atoms with Crippen LogP contribution < -0.4 is 5.32 Å². The van der Waals surface area contributed by atoms with Gasteiger partial charge in [-0.25, -0.2) is 0 Å². The van der Waals surface area contributed by atoms with Crippen molar-refractivity contribution in [2.75, 3.05) is 6.54 Å². The third-order valence-corrected chi connectivity index (χ3v) is 5.06. The molecule has 2 rings (SSSR count). The van der Waals surface area contributed by atoms with Gasteiger partial charge in [0.05, 0.1) is 19.9 Å². The number of nitrogens with one attached hydrogen (secondary N) is 1. The van der Waals surface area contributed by atoms with E-state index in [0.717, 1.165) is 22.3 Å². The lowest BCUT2D eigenvalue weighted by Crippen LogP contribution is -2.22. The van der Waals surface area contributed by atoms with Crippen molar-refractivity contribution in [2.45, 2.75) is 19.4 Å². The molecule has 0 bridgehead atoms. The fourth-order valence-electron chi connectivity index (χ4n) is 1.88. The van der Waals surface area contributed by atoms with Crippen LogP contribution in [0, 0.1) is 0 Å². The molecule has 5 heteroatoms. The summed E-state index contributed by atoms with van der Waals surface area (Å²) in [4.78, 5) is 0. The summed E-state index contributed by atoms with van der Waals surface area (Å²) in [7, 11) is 0. The molecule has 0 fully saturated rings. The average Bonchev–Trinajstić information content (AvgIpc) is 2.80. The van der Waals surface area contributed by atoms with Gasteiger partial charge in [0.25, 0.3) is 0 Å². The fourth-order valence-corrected chi connectivity index (χ4v) is 3.39. The maximum Gasteiger partial charge on any atom is 0.0701 e. The minimum Gasteiger partial charge on any atom is -0.306 e. The van der Waals surface area contributed by atoms with Crippen LogP contribution >= 0.6 is 50.5 Å². The Morgan fingerprint density at radius 2 is 2.00 bits per heavy atom. The van der Waals surface area contributed by atoms with Crippen LogP contribution in [0.25, 0.3) is 0 Å². The lowest BCUT2D eigenvalue weighted by molar-refractivity contribution is 0.600. The Morgan fingerprint density at radius 3 is 2.58 bits per heavy atom. The molecule has 102 valence electrons. The second-order valence-corrected chi connectivity index (χ2v) is 7.35. The summed E-state index contributed by atoms with van der Waals surface area (Å²) < 4.78 is 1.13. The van der Waals surface area contributed by atoms with E-state index in [1.54, 1.807) is 11.3 Å². The van der Waals surface area contributed by atoms with Crippen molar-refractivity contribution >= 4 is 50.5 Å². The van der Waals surface area contributed by atoms with Crippen molar-refractivity contribution in [3.05, 3.63) is 54.6 Å². The molecule has 1 heterocycles. The van der Waals surface area contributed by atoms with Gasteiger partial charge < -0.3 is 5.32 Å². The highest BCUT2D eigenvalue weighted by Crippen LogP contribution is 2.32. The topological polar surface area (TPSA) is 12.0 Å². The van der Waals surface area contributed by atoms with Crippen LogP contribution in [-0.4, -0.2) is 6.54 Å².